The molecule has 8 nitrogen and oxygen atoms in total. The standard InChI is InChI=1S/C15H13FN2O2.C12H12N2O2/c16-11-5-3-10(4-6-11)15(19)18-12-7-9-20-13-2-1-8-17-14(12)13;1-15-11-10(8-13-12(14-11)16-2)9-6-4-3-5-7-9/h1-6,8,12H,7,9H2,(H,18,19);3-8H,1-2H3. The lowest BCUT2D eigenvalue weighted by Crippen LogP contribution is -2.32. The van der Waals surface area contributed by atoms with Crippen LogP contribution < -0.4 is 19.5 Å². The molecule has 5 rings (SSSR count). The van der Waals surface area contributed by atoms with Gasteiger partial charge in [0.2, 0.25) is 5.88 Å². The number of benzene rings is 2. The molecule has 1 aliphatic rings. The summed E-state index contributed by atoms with van der Waals surface area (Å²) in [4.78, 5) is 24.6. The number of methoxy groups -OCH3 is 2. The van der Waals surface area contributed by atoms with Gasteiger partial charge in [0.05, 0.1) is 32.4 Å². The third-order valence-electron chi connectivity index (χ3n) is 5.40. The fourth-order valence-electron chi connectivity index (χ4n) is 3.61. The quantitative estimate of drug-likeness (QED) is 0.437. The molecule has 0 spiro atoms. The first-order valence-electron chi connectivity index (χ1n) is 11.2. The molecule has 0 radical (unpaired) electrons. The highest BCUT2D eigenvalue weighted by Gasteiger charge is 2.24. The summed E-state index contributed by atoms with van der Waals surface area (Å²) in [7, 11) is 3.10. The number of nitrogens with zero attached hydrogens (tertiary/aromatic N) is 3. The highest BCUT2D eigenvalue weighted by Crippen LogP contribution is 2.30. The zero-order chi connectivity index (χ0) is 25.3. The summed E-state index contributed by atoms with van der Waals surface area (Å²) < 4.78 is 28.5. The van der Waals surface area contributed by atoms with Gasteiger partial charge in [-0.3, -0.25) is 9.78 Å². The summed E-state index contributed by atoms with van der Waals surface area (Å²) in [5.74, 6) is 0.606. The highest BCUT2D eigenvalue weighted by molar-refractivity contribution is 5.94. The van der Waals surface area contributed by atoms with Crippen LogP contribution in [0.5, 0.6) is 17.6 Å². The van der Waals surface area contributed by atoms with E-state index in [1.165, 1.54) is 31.4 Å². The van der Waals surface area contributed by atoms with Crippen LogP contribution in [0.15, 0.2) is 79.1 Å². The van der Waals surface area contributed by atoms with E-state index < -0.39 is 0 Å². The van der Waals surface area contributed by atoms with E-state index in [4.69, 9.17) is 14.2 Å². The van der Waals surface area contributed by atoms with Gasteiger partial charge in [0.1, 0.15) is 17.3 Å². The molecule has 0 bridgehead atoms. The Morgan fingerprint density at radius 2 is 1.78 bits per heavy atom. The van der Waals surface area contributed by atoms with Crippen molar-refractivity contribution >= 4 is 5.91 Å². The molecule has 36 heavy (non-hydrogen) atoms. The molecule has 3 heterocycles. The Morgan fingerprint density at radius 1 is 1.00 bits per heavy atom. The van der Waals surface area contributed by atoms with Gasteiger partial charge in [-0.1, -0.05) is 30.3 Å². The van der Waals surface area contributed by atoms with E-state index in [9.17, 15) is 9.18 Å². The van der Waals surface area contributed by atoms with Crippen LogP contribution in [-0.2, 0) is 0 Å². The number of rotatable bonds is 5. The SMILES string of the molecule is COc1ncc(-c2ccccc2)c(OC)n1.O=C(NC1CCOc2cccnc21)c1ccc(F)cc1. The second kappa shape index (κ2) is 11.7. The molecule has 1 amide bonds. The third-order valence-corrected chi connectivity index (χ3v) is 5.40. The zero-order valence-electron chi connectivity index (χ0n) is 19.8. The predicted octanol–water partition coefficient (Wildman–Crippen LogP) is 4.64. The van der Waals surface area contributed by atoms with Crippen molar-refractivity contribution < 1.29 is 23.4 Å². The average molecular weight is 489 g/mol. The van der Waals surface area contributed by atoms with Gasteiger partial charge in [0, 0.05) is 24.4 Å². The summed E-state index contributed by atoms with van der Waals surface area (Å²) in [5.41, 5.74) is 3.02. The number of hydrogen-bond donors (Lipinski definition) is 1. The Morgan fingerprint density at radius 3 is 2.50 bits per heavy atom. The largest absolute Gasteiger partial charge is 0.491 e. The van der Waals surface area contributed by atoms with Gasteiger partial charge in [0.25, 0.3) is 5.91 Å². The van der Waals surface area contributed by atoms with E-state index in [1.807, 2.05) is 36.4 Å². The van der Waals surface area contributed by atoms with Crippen molar-refractivity contribution in [2.75, 3.05) is 20.8 Å². The number of amides is 1. The van der Waals surface area contributed by atoms with Gasteiger partial charge >= 0.3 is 6.01 Å². The second-order valence-electron chi connectivity index (χ2n) is 7.70. The van der Waals surface area contributed by atoms with Gasteiger partial charge in [-0.25, -0.2) is 9.37 Å². The Bertz CT molecular complexity index is 1300. The van der Waals surface area contributed by atoms with Crippen LogP contribution in [0.3, 0.4) is 0 Å². The predicted molar refractivity (Wildman–Crippen MR) is 132 cm³/mol. The minimum atomic E-state index is -0.361. The van der Waals surface area contributed by atoms with E-state index in [2.05, 4.69) is 20.3 Å². The molecule has 0 saturated heterocycles. The van der Waals surface area contributed by atoms with Crippen LogP contribution in [0.25, 0.3) is 11.1 Å². The molecular formula is C27H25FN4O4. The van der Waals surface area contributed by atoms with Crippen LogP contribution in [0, 0.1) is 5.82 Å². The lowest BCUT2D eigenvalue weighted by atomic mass is 10.1. The molecule has 1 N–H and O–H groups in total. The van der Waals surface area contributed by atoms with Crippen LogP contribution in [-0.4, -0.2) is 41.7 Å². The molecule has 9 heteroatoms. The van der Waals surface area contributed by atoms with Crippen molar-refractivity contribution in [3.8, 4) is 28.8 Å². The van der Waals surface area contributed by atoms with Gasteiger partial charge < -0.3 is 19.5 Å². The van der Waals surface area contributed by atoms with Crippen molar-refractivity contribution in [1.29, 1.82) is 0 Å². The normalized spacial score (nSPS) is 13.8. The molecule has 0 fully saturated rings. The summed E-state index contributed by atoms with van der Waals surface area (Å²) in [5, 5.41) is 2.91. The number of fused-ring (bicyclic) bond motifs is 1. The lowest BCUT2D eigenvalue weighted by molar-refractivity contribution is 0.0923. The van der Waals surface area contributed by atoms with Crippen molar-refractivity contribution in [3.05, 3.63) is 96.2 Å². The number of carbonyl (C=O) groups excluding carboxylic acids is 1. The van der Waals surface area contributed by atoms with Gasteiger partial charge in [-0.2, -0.15) is 4.98 Å². The van der Waals surface area contributed by atoms with E-state index in [0.29, 0.717) is 36.2 Å². The first-order valence-corrected chi connectivity index (χ1v) is 11.2. The van der Waals surface area contributed by atoms with E-state index in [-0.39, 0.29) is 17.8 Å². The smallest absolute Gasteiger partial charge is 0.319 e. The topological polar surface area (TPSA) is 95.5 Å². The van der Waals surface area contributed by atoms with Gasteiger partial charge in [0.15, 0.2) is 0 Å². The van der Waals surface area contributed by atoms with Crippen LogP contribution in [0.4, 0.5) is 4.39 Å². The number of carbonyl (C=O) groups is 1. The maximum atomic E-state index is 12.8. The lowest BCUT2D eigenvalue weighted by Gasteiger charge is -2.25. The first kappa shape index (κ1) is 24.6. The summed E-state index contributed by atoms with van der Waals surface area (Å²) >= 11 is 0. The zero-order valence-corrected chi connectivity index (χ0v) is 19.8. The number of ether oxygens (including phenoxy) is 3. The Labute approximate surface area is 208 Å². The van der Waals surface area contributed by atoms with Crippen LogP contribution in [0.2, 0.25) is 0 Å². The number of hydrogen-bond acceptors (Lipinski definition) is 7. The molecule has 1 aliphatic heterocycles. The Kier molecular flexibility index (Phi) is 8.02. The molecule has 2 aromatic carbocycles. The highest BCUT2D eigenvalue weighted by atomic mass is 19.1. The molecule has 1 atom stereocenters. The molecule has 1 unspecified atom stereocenters. The fourth-order valence-corrected chi connectivity index (χ4v) is 3.61. The van der Waals surface area contributed by atoms with Gasteiger partial charge in [-0.05, 0) is 42.0 Å². The summed E-state index contributed by atoms with van der Waals surface area (Å²) in [6.45, 7) is 0.535. The van der Waals surface area contributed by atoms with Crippen LogP contribution >= 0.6 is 0 Å². The number of aromatic nitrogens is 3. The second-order valence-corrected chi connectivity index (χ2v) is 7.70. The number of pyridine rings is 1. The van der Waals surface area contributed by atoms with E-state index in [0.717, 1.165) is 16.8 Å². The molecular weight excluding hydrogens is 463 g/mol. The van der Waals surface area contributed by atoms with Crippen molar-refractivity contribution in [2.45, 2.75) is 12.5 Å². The Balaban J connectivity index is 0.000000174. The minimum Gasteiger partial charge on any atom is -0.491 e. The van der Waals surface area contributed by atoms with Crippen molar-refractivity contribution in [1.82, 2.24) is 20.3 Å². The summed E-state index contributed by atoms with van der Waals surface area (Å²) in [6.07, 6.45) is 4.03. The third kappa shape index (κ3) is 5.93. The van der Waals surface area contributed by atoms with Gasteiger partial charge in [-0.15, -0.1) is 0 Å². The van der Waals surface area contributed by atoms with E-state index in [1.54, 1.807) is 25.6 Å². The van der Waals surface area contributed by atoms with E-state index >= 15 is 0 Å². The molecule has 184 valence electrons. The molecule has 4 aromatic rings. The number of halogens is 1. The maximum Gasteiger partial charge on any atom is 0.319 e. The summed E-state index contributed by atoms with van der Waals surface area (Å²) in [6, 6.07) is 19.0. The fraction of sp³-hybridized carbons (Fsp3) is 0.185. The average Bonchev–Trinajstić information content (AvgIpc) is 2.94. The first-order chi connectivity index (χ1) is 17.6. The minimum absolute atomic E-state index is 0.183. The van der Waals surface area contributed by atoms with Crippen LogP contribution in [0.1, 0.15) is 28.5 Å². The monoisotopic (exact) mass is 488 g/mol. The Hall–Kier alpha value is -4.53. The molecule has 0 aliphatic carbocycles. The maximum absolute atomic E-state index is 12.8. The van der Waals surface area contributed by atoms with Crippen molar-refractivity contribution in [3.63, 3.8) is 0 Å². The molecule has 0 saturated carbocycles. The van der Waals surface area contributed by atoms with Crippen molar-refractivity contribution in [2.24, 2.45) is 0 Å². The molecule has 2 aromatic heterocycles. The number of nitrogens with one attached hydrogen (secondary N) is 1.